The predicted octanol–water partition coefficient (Wildman–Crippen LogP) is 3.11. The largest absolute Gasteiger partial charge is 0.352 e. The second-order valence-electron chi connectivity index (χ2n) is 5.77. The van der Waals surface area contributed by atoms with Crippen molar-refractivity contribution >= 4 is 29.9 Å². The van der Waals surface area contributed by atoms with Gasteiger partial charge in [0.2, 0.25) is 5.91 Å². The molecule has 0 radical (unpaired) electrons. The van der Waals surface area contributed by atoms with Crippen LogP contribution < -0.4 is 16.4 Å². The molecule has 0 saturated carbocycles. The van der Waals surface area contributed by atoms with Crippen molar-refractivity contribution in [3.05, 3.63) is 64.7 Å². The molecule has 0 saturated heterocycles. The smallest absolute Gasteiger partial charge is 0.251 e. The Balaban J connectivity index is 0.00000312. The number of hydrogen-bond donors (Lipinski definition) is 3. The van der Waals surface area contributed by atoms with Crippen molar-refractivity contribution in [1.29, 1.82) is 0 Å². The maximum atomic E-state index is 12.4. The highest BCUT2D eigenvalue weighted by Gasteiger charge is 2.17. The van der Waals surface area contributed by atoms with E-state index in [0.717, 1.165) is 16.7 Å². The Morgan fingerprint density at radius 3 is 2.32 bits per heavy atom. The fourth-order valence-corrected chi connectivity index (χ4v) is 2.30. The van der Waals surface area contributed by atoms with E-state index in [1.165, 1.54) is 0 Å². The standard InChI is InChI=1S/C19H23N3O2.ClH/c1-4-21-18(23)15-10-7-13(3)16(11-15)22-19(24)17(20)14-8-5-12(2)6-9-14;/h5-11,17H,4,20H2,1-3H3,(H,21,23)(H,22,24);1H. The van der Waals surface area contributed by atoms with Crippen LogP contribution in [-0.4, -0.2) is 18.4 Å². The zero-order valence-electron chi connectivity index (χ0n) is 14.6. The first-order valence-electron chi connectivity index (χ1n) is 7.94. The molecule has 0 bridgehead atoms. The van der Waals surface area contributed by atoms with Crippen molar-refractivity contribution in [2.24, 2.45) is 5.73 Å². The Hall–Kier alpha value is -2.37. The van der Waals surface area contributed by atoms with Crippen molar-refractivity contribution in [3.8, 4) is 0 Å². The molecule has 0 aliphatic heterocycles. The van der Waals surface area contributed by atoms with Gasteiger partial charge in [-0.05, 0) is 44.0 Å². The van der Waals surface area contributed by atoms with E-state index in [-0.39, 0.29) is 24.2 Å². The Kier molecular flexibility index (Phi) is 7.61. The summed E-state index contributed by atoms with van der Waals surface area (Å²) in [5.74, 6) is -0.481. The van der Waals surface area contributed by atoms with Gasteiger partial charge in [0.25, 0.3) is 5.91 Å². The molecular formula is C19H24ClN3O2. The third kappa shape index (κ3) is 5.31. The summed E-state index contributed by atoms with van der Waals surface area (Å²) in [6.07, 6.45) is 0. The zero-order valence-corrected chi connectivity index (χ0v) is 15.4. The van der Waals surface area contributed by atoms with Crippen LogP contribution >= 0.6 is 12.4 Å². The number of halogens is 1. The lowest BCUT2D eigenvalue weighted by Gasteiger charge is -2.15. The second-order valence-corrected chi connectivity index (χ2v) is 5.77. The SMILES string of the molecule is CCNC(=O)c1ccc(C)c(NC(=O)C(N)c2ccc(C)cc2)c1.Cl. The van der Waals surface area contributed by atoms with Gasteiger partial charge in [-0.15, -0.1) is 12.4 Å². The average Bonchev–Trinajstić information content (AvgIpc) is 2.57. The minimum atomic E-state index is -0.766. The number of nitrogens with one attached hydrogen (secondary N) is 2. The topological polar surface area (TPSA) is 84.2 Å². The number of carbonyl (C=O) groups is 2. The molecule has 134 valence electrons. The fourth-order valence-electron chi connectivity index (χ4n) is 2.30. The summed E-state index contributed by atoms with van der Waals surface area (Å²) in [7, 11) is 0. The minimum absolute atomic E-state index is 0. The molecule has 2 aromatic rings. The lowest BCUT2D eigenvalue weighted by Crippen LogP contribution is -2.28. The van der Waals surface area contributed by atoms with E-state index in [1.807, 2.05) is 45.0 Å². The van der Waals surface area contributed by atoms with Gasteiger partial charge in [-0.3, -0.25) is 9.59 Å². The molecule has 1 atom stereocenters. The molecule has 2 rings (SSSR count). The first kappa shape index (κ1) is 20.7. The van der Waals surface area contributed by atoms with Crippen LogP contribution in [0.2, 0.25) is 0 Å². The van der Waals surface area contributed by atoms with Gasteiger partial charge in [-0.1, -0.05) is 35.9 Å². The Labute approximate surface area is 154 Å². The maximum absolute atomic E-state index is 12.4. The third-order valence-corrected chi connectivity index (χ3v) is 3.81. The molecule has 0 fully saturated rings. The van der Waals surface area contributed by atoms with Crippen LogP contribution in [0.25, 0.3) is 0 Å². The summed E-state index contributed by atoms with van der Waals surface area (Å²) in [4.78, 5) is 24.4. The quantitative estimate of drug-likeness (QED) is 0.765. The van der Waals surface area contributed by atoms with Crippen LogP contribution in [0.5, 0.6) is 0 Å². The van der Waals surface area contributed by atoms with E-state index in [1.54, 1.807) is 18.2 Å². The van der Waals surface area contributed by atoms with E-state index < -0.39 is 6.04 Å². The van der Waals surface area contributed by atoms with Gasteiger partial charge in [0.15, 0.2) is 0 Å². The average molecular weight is 362 g/mol. The molecule has 0 aliphatic carbocycles. The number of carbonyl (C=O) groups excluding carboxylic acids is 2. The van der Waals surface area contributed by atoms with Crippen molar-refractivity contribution in [3.63, 3.8) is 0 Å². The molecule has 0 spiro atoms. The summed E-state index contributed by atoms with van der Waals surface area (Å²) in [5, 5.41) is 5.56. The minimum Gasteiger partial charge on any atom is -0.352 e. The number of rotatable bonds is 5. The highest BCUT2D eigenvalue weighted by Crippen LogP contribution is 2.19. The third-order valence-electron chi connectivity index (χ3n) is 3.81. The molecule has 6 heteroatoms. The van der Waals surface area contributed by atoms with Gasteiger partial charge in [0.1, 0.15) is 6.04 Å². The maximum Gasteiger partial charge on any atom is 0.251 e. The fraction of sp³-hybridized carbons (Fsp3) is 0.263. The van der Waals surface area contributed by atoms with Gasteiger partial charge in [0, 0.05) is 17.8 Å². The highest BCUT2D eigenvalue weighted by molar-refractivity contribution is 5.99. The molecular weight excluding hydrogens is 338 g/mol. The van der Waals surface area contributed by atoms with Crippen molar-refractivity contribution in [2.75, 3.05) is 11.9 Å². The monoisotopic (exact) mass is 361 g/mol. The number of nitrogens with two attached hydrogens (primary N) is 1. The first-order valence-corrected chi connectivity index (χ1v) is 7.94. The van der Waals surface area contributed by atoms with Crippen molar-refractivity contribution in [2.45, 2.75) is 26.8 Å². The number of aryl methyl sites for hydroxylation is 2. The van der Waals surface area contributed by atoms with E-state index in [2.05, 4.69) is 10.6 Å². The summed E-state index contributed by atoms with van der Waals surface area (Å²) in [5.41, 5.74) is 9.85. The molecule has 0 aliphatic rings. The Morgan fingerprint density at radius 2 is 1.72 bits per heavy atom. The lowest BCUT2D eigenvalue weighted by atomic mass is 10.0. The predicted molar refractivity (Wildman–Crippen MR) is 103 cm³/mol. The van der Waals surface area contributed by atoms with Crippen molar-refractivity contribution in [1.82, 2.24) is 5.32 Å². The molecule has 2 amide bonds. The van der Waals surface area contributed by atoms with Crippen LogP contribution in [0.15, 0.2) is 42.5 Å². The van der Waals surface area contributed by atoms with Gasteiger partial charge in [0.05, 0.1) is 0 Å². The number of hydrogen-bond acceptors (Lipinski definition) is 3. The van der Waals surface area contributed by atoms with E-state index in [9.17, 15) is 9.59 Å². The number of anilines is 1. The van der Waals surface area contributed by atoms with Gasteiger partial charge < -0.3 is 16.4 Å². The van der Waals surface area contributed by atoms with Gasteiger partial charge >= 0.3 is 0 Å². The van der Waals surface area contributed by atoms with E-state index >= 15 is 0 Å². The first-order chi connectivity index (χ1) is 11.4. The Bertz CT molecular complexity index is 745. The summed E-state index contributed by atoms with van der Waals surface area (Å²) < 4.78 is 0. The zero-order chi connectivity index (χ0) is 17.7. The lowest BCUT2D eigenvalue weighted by molar-refractivity contribution is -0.117. The normalized spacial score (nSPS) is 11.2. The number of benzene rings is 2. The summed E-state index contributed by atoms with van der Waals surface area (Å²) >= 11 is 0. The van der Waals surface area contributed by atoms with Gasteiger partial charge in [-0.25, -0.2) is 0 Å². The van der Waals surface area contributed by atoms with Crippen LogP contribution in [0.3, 0.4) is 0 Å². The molecule has 0 heterocycles. The second kappa shape index (κ2) is 9.20. The van der Waals surface area contributed by atoms with E-state index in [0.29, 0.717) is 17.8 Å². The molecule has 25 heavy (non-hydrogen) atoms. The summed E-state index contributed by atoms with van der Waals surface area (Å²) in [6, 6.07) is 12.0. The van der Waals surface area contributed by atoms with Crippen LogP contribution in [0, 0.1) is 13.8 Å². The molecule has 1 unspecified atom stereocenters. The van der Waals surface area contributed by atoms with Gasteiger partial charge in [-0.2, -0.15) is 0 Å². The molecule has 5 nitrogen and oxygen atoms in total. The van der Waals surface area contributed by atoms with Crippen LogP contribution in [-0.2, 0) is 4.79 Å². The highest BCUT2D eigenvalue weighted by atomic mass is 35.5. The van der Waals surface area contributed by atoms with Crippen LogP contribution in [0.4, 0.5) is 5.69 Å². The molecule has 0 aromatic heterocycles. The Morgan fingerprint density at radius 1 is 1.08 bits per heavy atom. The van der Waals surface area contributed by atoms with Crippen molar-refractivity contribution < 1.29 is 9.59 Å². The molecule has 2 aromatic carbocycles. The molecule has 4 N–H and O–H groups in total. The van der Waals surface area contributed by atoms with Crippen LogP contribution in [0.1, 0.15) is 40.0 Å². The van der Waals surface area contributed by atoms with E-state index in [4.69, 9.17) is 5.73 Å². The summed E-state index contributed by atoms with van der Waals surface area (Å²) in [6.45, 7) is 6.25. The number of amides is 2.